The van der Waals surface area contributed by atoms with Crippen LogP contribution in [0.5, 0.6) is 5.75 Å². The molecule has 0 amide bonds. The zero-order valence-corrected chi connectivity index (χ0v) is 11.2. The van der Waals surface area contributed by atoms with E-state index < -0.39 is 11.6 Å². The van der Waals surface area contributed by atoms with Crippen molar-refractivity contribution >= 4 is 27.8 Å². The van der Waals surface area contributed by atoms with Gasteiger partial charge in [-0.1, -0.05) is 15.9 Å². The smallest absolute Gasteiger partial charge is 0.151 e. The van der Waals surface area contributed by atoms with Crippen molar-refractivity contribution in [1.82, 2.24) is 0 Å². The van der Waals surface area contributed by atoms with Gasteiger partial charge in [-0.15, -0.1) is 0 Å². The number of halogens is 3. The minimum atomic E-state index is -0.740. The van der Waals surface area contributed by atoms with Crippen LogP contribution in [0.15, 0.2) is 46.0 Å². The van der Waals surface area contributed by atoms with Crippen LogP contribution in [-0.2, 0) is 0 Å². The van der Waals surface area contributed by atoms with E-state index in [1.165, 1.54) is 18.3 Å². The van der Waals surface area contributed by atoms with Crippen LogP contribution < -0.4 is 5.43 Å². The third-order valence-electron chi connectivity index (χ3n) is 2.31. The van der Waals surface area contributed by atoms with E-state index in [1.54, 1.807) is 12.1 Å². The first-order valence-electron chi connectivity index (χ1n) is 5.29. The predicted molar refractivity (Wildman–Crippen MR) is 73.4 cm³/mol. The van der Waals surface area contributed by atoms with Crippen molar-refractivity contribution in [2.24, 2.45) is 5.10 Å². The highest BCUT2D eigenvalue weighted by molar-refractivity contribution is 9.10. The molecule has 3 nitrogen and oxygen atoms in total. The second kappa shape index (κ2) is 5.79. The maximum atomic E-state index is 13.3. The van der Waals surface area contributed by atoms with Crippen molar-refractivity contribution < 1.29 is 13.9 Å². The molecule has 0 aliphatic rings. The summed E-state index contributed by atoms with van der Waals surface area (Å²) in [5.41, 5.74) is 2.95. The van der Waals surface area contributed by atoms with Crippen molar-refractivity contribution in [3.05, 3.63) is 58.1 Å². The lowest BCUT2D eigenvalue weighted by Gasteiger charge is -2.02. The van der Waals surface area contributed by atoms with Gasteiger partial charge in [0.1, 0.15) is 11.6 Å². The predicted octanol–water partition coefficient (Wildman–Crippen LogP) is 3.88. The zero-order chi connectivity index (χ0) is 13.8. The Morgan fingerprint density at radius 1 is 1.16 bits per heavy atom. The molecule has 0 bridgehead atoms. The minimum absolute atomic E-state index is 0.0483. The summed E-state index contributed by atoms with van der Waals surface area (Å²) in [7, 11) is 0. The zero-order valence-electron chi connectivity index (χ0n) is 9.57. The van der Waals surface area contributed by atoms with Crippen molar-refractivity contribution in [2.45, 2.75) is 0 Å². The Labute approximate surface area is 116 Å². The molecule has 0 heterocycles. The summed E-state index contributed by atoms with van der Waals surface area (Å²) >= 11 is 3.26. The fourth-order valence-electron chi connectivity index (χ4n) is 1.38. The van der Waals surface area contributed by atoms with Crippen LogP contribution in [0.4, 0.5) is 14.5 Å². The second-order valence-electron chi connectivity index (χ2n) is 3.70. The molecular formula is C13H9BrF2N2O. The highest BCUT2D eigenvalue weighted by Crippen LogP contribution is 2.20. The molecule has 19 heavy (non-hydrogen) atoms. The molecule has 98 valence electrons. The van der Waals surface area contributed by atoms with Gasteiger partial charge >= 0.3 is 0 Å². The van der Waals surface area contributed by atoms with Gasteiger partial charge in [0, 0.05) is 16.1 Å². The molecule has 0 aliphatic carbocycles. The van der Waals surface area contributed by atoms with Gasteiger partial charge in [0.25, 0.3) is 0 Å². The Bertz CT molecular complexity index is 632. The van der Waals surface area contributed by atoms with Crippen molar-refractivity contribution in [2.75, 3.05) is 5.43 Å². The van der Waals surface area contributed by atoms with E-state index in [4.69, 9.17) is 0 Å². The molecule has 0 atom stereocenters. The van der Waals surface area contributed by atoms with E-state index in [-0.39, 0.29) is 11.4 Å². The summed E-state index contributed by atoms with van der Waals surface area (Å²) < 4.78 is 26.8. The molecule has 0 unspecified atom stereocenters. The van der Waals surface area contributed by atoms with E-state index in [2.05, 4.69) is 26.5 Å². The van der Waals surface area contributed by atoms with Crippen LogP contribution in [0, 0.1) is 11.6 Å². The fraction of sp³-hybridized carbons (Fsp3) is 0. The SMILES string of the molecule is Oc1ccc(Br)cc1/C=N/Nc1ccc(F)cc1F. The summed E-state index contributed by atoms with van der Waals surface area (Å²) in [6, 6.07) is 7.96. The Morgan fingerprint density at radius 2 is 1.95 bits per heavy atom. The number of nitrogens with zero attached hydrogens (tertiary/aromatic N) is 1. The molecule has 2 rings (SSSR count). The van der Waals surface area contributed by atoms with E-state index in [9.17, 15) is 13.9 Å². The quantitative estimate of drug-likeness (QED) is 0.664. The first-order chi connectivity index (χ1) is 9.06. The first kappa shape index (κ1) is 13.5. The molecule has 0 spiro atoms. The van der Waals surface area contributed by atoms with Crippen molar-refractivity contribution in [3.8, 4) is 5.75 Å². The van der Waals surface area contributed by atoms with Gasteiger partial charge in [-0.25, -0.2) is 8.78 Å². The highest BCUT2D eigenvalue weighted by Gasteiger charge is 2.02. The van der Waals surface area contributed by atoms with Crippen molar-refractivity contribution in [3.63, 3.8) is 0 Å². The number of aromatic hydroxyl groups is 1. The molecule has 0 aliphatic heterocycles. The van der Waals surface area contributed by atoms with Gasteiger partial charge in [0.05, 0.1) is 11.9 Å². The summed E-state index contributed by atoms with van der Waals surface area (Å²) in [6.07, 6.45) is 1.34. The van der Waals surface area contributed by atoms with Crippen LogP contribution >= 0.6 is 15.9 Å². The number of phenols is 1. The van der Waals surface area contributed by atoms with E-state index in [0.717, 1.165) is 16.6 Å². The molecule has 0 radical (unpaired) electrons. The number of hydrogen-bond acceptors (Lipinski definition) is 3. The van der Waals surface area contributed by atoms with Gasteiger partial charge in [-0.2, -0.15) is 5.10 Å². The van der Waals surface area contributed by atoms with Gasteiger partial charge in [0.15, 0.2) is 5.82 Å². The van der Waals surface area contributed by atoms with Crippen LogP contribution in [0.1, 0.15) is 5.56 Å². The molecule has 0 aromatic heterocycles. The number of phenolic OH excluding ortho intramolecular Hbond substituents is 1. The fourth-order valence-corrected chi connectivity index (χ4v) is 1.76. The number of nitrogens with one attached hydrogen (secondary N) is 1. The van der Waals surface area contributed by atoms with E-state index >= 15 is 0 Å². The number of rotatable bonds is 3. The number of anilines is 1. The average Bonchev–Trinajstić information content (AvgIpc) is 2.36. The maximum absolute atomic E-state index is 13.3. The van der Waals surface area contributed by atoms with Crippen LogP contribution in [0.25, 0.3) is 0 Å². The summed E-state index contributed by atoms with van der Waals surface area (Å²) in [5.74, 6) is -1.35. The number of hydrazone groups is 1. The summed E-state index contributed by atoms with van der Waals surface area (Å²) in [4.78, 5) is 0. The Hall–Kier alpha value is -1.95. The molecule has 2 aromatic rings. The summed E-state index contributed by atoms with van der Waals surface area (Å²) in [5, 5.41) is 13.3. The Kier molecular flexibility index (Phi) is 4.11. The van der Waals surface area contributed by atoms with Crippen LogP contribution in [-0.4, -0.2) is 11.3 Å². The Morgan fingerprint density at radius 3 is 2.68 bits per heavy atom. The highest BCUT2D eigenvalue weighted by atomic mass is 79.9. The van der Waals surface area contributed by atoms with Gasteiger partial charge in [-0.3, -0.25) is 5.43 Å². The number of hydrogen-bond donors (Lipinski definition) is 2. The normalized spacial score (nSPS) is 10.9. The Balaban J connectivity index is 2.13. The van der Waals surface area contributed by atoms with E-state index in [1.807, 2.05) is 0 Å². The molecule has 0 saturated carbocycles. The molecule has 0 saturated heterocycles. The van der Waals surface area contributed by atoms with E-state index in [0.29, 0.717) is 5.56 Å². The third-order valence-corrected chi connectivity index (χ3v) is 2.80. The molecule has 2 N–H and O–H groups in total. The lowest BCUT2D eigenvalue weighted by Crippen LogP contribution is -1.94. The van der Waals surface area contributed by atoms with Gasteiger partial charge in [-0.05, 0) is 30.3 Å². The number of benzene rings is 2. The average molecular weight is 327 g/mol. The monoisotopic (exact) mass is 326 g/mol. The maximum Gasteiger partial charge on any atom is 0.151 e. The third kappa shape index (κ3) is 3.51. The standard InChI is InChI=1S/C13H9BrF2N2O/c14-9-1-4-13(19)8(5-9)7-17-18-12-3-2-10(15)6-11(12)16/h1-7,18-19H/b17-7+. The largest absolute Gasteiger partial charge is 0.507 e. The minimum Gasteiger partial charge on any atom is -0.507 e. The molecule has 0 fully saturated rings. The lowest BCUT2D eigenvalue weighted by molar-refractivity contribution is 0.474. The topological polar surface area (TPSA) is 44.6 Å². The molecule has 2 aromatic carbocycles. The van der Waals surface area contributed by atoms with Gasteiger partial charge < -0.3 is 5.11 Å². The molecular weight excluding hydrogens is 318 g/mol. The van der Waals surface area contributed by atoms with Gasteiger partial charge in [0.2, 0.25) is 0 Å². The first-order valence-corrected chi connectivity index (χ1v) is 6.08. The van der Waals surface area contributed by atoms with Crippen LogP contribution in [0.2, 0.25) is 0 Å². The summed E-state index contributed by atoms with van der Waals surface area (Å²) in [6.45, 7) is 0. The second-order valence-corrected chi connectivity index (χ2v) is 4.61. The van der Waals surface area contributed by atoms with Crippen LogP contribution in [0.3, 0.4) is 0 Å². The molecule has 6 heteroatoms. The van der Waals surface area contributed by atoms with Crippen molar-refractivity contribution in [1.29, 1.82) is 0 Å². The lowest BCUT2D eigenvalue weighted by atomic mass is 10.2.